The summed E-state index contributed by atoms with van der Waals surface area (Å²) < 4.78 is 10.3. The van der Waals surface area contributed by atoms with Gasteiger partial charge in [0.1, 0.15) is 11.1 Å². The third kappa shape index (κ3) is 1.84. The molecule has 5 heteroatoms. The molecule has 1 unspecified atom stereocenters. The van der Waals surface area contributed by atoms with E-state index in [0.717, 1.165) is 11.1 Å². The molecule has 2 saturated heterocycles. The lowest BCUT2D eigenvalue weighted by Crippen LogP contribution is -2.67. The molecule has 0 N–H and O–H groups in total. The summed E-state index contributed by atoms with van der Waals surface area (Å²) in [6.07, 6.45) is 0. The quantitative estimate of drug-likeness (QED) is 0.626. The van der Waals surface area contributed by atoms with E-state index in [1.54, 1.807) is 0 Å². The van der Waals surface area contributed by atoms with Crippen molar-refractivity contribution in [3.63, 3.8) is 0 Å². The van der Waals surface area contributed by atoms with E-state index in [-0.39, 0.29) is 23.9 Å². The molecule has 0 radical (unpaired) electrons. The molecule has 0 aromatic heterocycles. The lowest BCUT2D eigenvalue weighted by atomic mass is 9.65. The first-order valence-electron chi connectivity index (χ1n) is 8.60. The minimum atomic E-state index is -0.926. The predicted molar refractivity (Wildman–Crippen MR) is 95.4 cm³/mol. The number of carbonyl (C=O) groups excluding carboxylic acids is 2. The Balaban J connectivity index is 1.89. The Hall–Kier alpha value is -2.66. The molecule has 0 spiro atoms. The molecule has 5 nitrogen and oxygen atoms in total. The van der Waals surface area contributed by atoms with Crippen molar-refractivity contribution in [2.45, 2.75) is 30.0 Å². The first-order chi connectivity index (χ1) is 12.5. The van der Waals surface area contributed by atoms with E-state index in [2.05, 4.69) is 0 Å². The SMILES string of the molecule is COC(=O)[C@]12[C@H](c3ccccc3)N1[C@](C)(C(=O)OC)[C@@H]2c1ccccc1. The maximum Gasteiger partial charge on any atom is 0.329 e. The standard InChI is InChI=1S/C21H21NO4/c1-20(18(23)25-2)16(14-10-6-4-7-11-14)21(19(24)26-3)17(22(20)21)15-12-8-5-9-13-15/h4-13,16-17H,1-3H3/t16-,17-,20-,21-,22?/m0/s1. The Morgan fingerprint density at radius 2 is 1.35 bits per heavy atom. The molecule has 2 aromatic rings. The van der Waals surface area contributed by atoms with Crippen LogP contribution in [0, 0.1) is 0 Å². The van der Waals surface area contributed by atoms with Gasteiger partial charge >= 0.3 is 11.9 Å². The second kappa shape index (κ2) is 5.68. The van der Waals surface area contributed by atoms with Crippen LogP contribution in [0.25, 0.3) is 0 Å². The molecule has 2 heterocycles. The van der Waals surface area contributed by atoms with Crippen molar-refractivity contribution in [3.8, 4) is 0 Å². The number of nitrogens with zero attached hydrogens (tertiary/aromatic N) is 1. The van der Waals surface area contributed by atoms with Gasteiger partial charge in [-0.05, 0) is 18.1 Å². The van der Waals surface area contributed by atoms with Gasteiger partial charge in [0, 0.05) is 5.92 Å². The van der Waals surface area contributed by atoms with Gasteiger partial charge in [-0.1, -0.05) is 60.7 Å². The zero-order valence-corrected chi connectivity index (χ0v) is 15.0. The van der Waals surface area contributed by atoms with Gasteiger partial charge in [-0.3, -0.25) is 9.69 Å². The Labute approximate surface area is 152 Å². The smallest absolute Gasteiger partial charge is 0.329 e. The molecule has 0 aliphatic carbocycles. The summed E-state index contributed by atoms with van der Waals surface area (Å²) in [5.74, 6) is -1.01. The summed E-state index contributed by atoms with van der Waals surface area (Å²) >= 11 is 0. The van der Waals surface area contributed by atoms with Crippen LogP contribution in [0.15, 0.2) is 60.7 Å². The highest BCUT2D eigenvalue weighted by Crippen LogP contribution is 2.77. The molecular formula is C21H21NO4. The molecule has 0 amide bonds. The monoisotopic (exact) mass is 351 g/mol. The number of esters is 2. The lowest BCUT2D eigenvalue weighted by molar-refractivity contribution is -0.169. The molecule has 0 saturated carbocycles. The van der Waals surface area contributed by atoms with Gasteiger partial charge in [0.15, 0.2) is 0 Å². The molecule has 2 fully saturated rings. The molecule has 26 heavy (non-hydrogen) atoms. The predicted octanol–water partition coefficient (Wildman–Crippen LogP) is 2.68. The van der Waals surface area contributed by atoms with Crippen LogP contribution in [-0.2, 0) is 19.1 Å². The Bertz CT molecular complexity index is 853. The number of hydrogen-bond donors (Lipinski definition) is 0. The first-order valence-corrected chi connectivity index (χ1v) is 8.60. The fraction of sp³-hybridized carbons (Fsp3) is 0.333. The molecular weight excluding hydrogens is 330 g/mol. The number of benzene rings is 2. The van der Waals surface area contributed by atoms with Gasteiger partial charge in [-0.15, -0.1) is 0 Å². The summed E-state index contributed by atoms with van der Waals surface area (Å²) in [4.78, 5) is 27.6. The van der Waals surface area contributed by atoms with E-state index in [0.29, 0.717) is 0 Å². The van der Waals surface area contributed by atoms with Gasteiger partial charge in [0.05, 0.1) is 20.3 Å². The van der Waals surface area contributed by atoms with Gasteiger partial charge < -0.3 is 9.47 Å². The summed E-state index contributed by atoms with van der Waals surface area (Å²) in [5.41, 5.74) is 0.123. The molecule has 5 atom stereocenters. The molecule has 2 aliphatic heterocycles. The molecule has 0 bridgehead atoms. The summed E-state index contributed by atoms with van der Waals surface area (Å²) in [6, 6.07) is 19.2. The lowest BCUT2D eigenvalue weighted by Gasteiger charge is -2.49. The van der Waals surface area contributed by atoms with Crippen LogP contribution in [0.2, 0.25) is 0 Å². The Morgan fingerprint density at radius 1 is 0.846 bits per heavy atom. The second-order valence-corrected chi connectivity index (χ2v) is 6.98. The van der Waals surface area contributed by atoms with Crippen molar-refractivity contribution in [2.24, 2.45) is 0 Å². The van der Waals surface area contributed by atoms with Crippen molar-refractivity contribution in [1.82, 2.24) is 4.90 Å². The average Bonchev–Trinajstić information content (AvgIpc) is 3.33. The molecule has 2 aliphatic rings. The van der Waals surface area contributed by atoms with Crippen molar-refractivity contribution in [1.29, 1.82) is 0 Å². The minimum absolute atomic E-state index is 0.217. The van der Waals surface area contributed by atoms with Crippen molar-refractivity contribution >= 4 is 11.9 Å². The van der Waals surface area contributed by atoms with Crippen LogP contribution < -0.4 is 0 Å². The van der Waals surface area contributed by atoms with Crippen LogP contribution >= 0.6 is 0 Å². The van der Waals surface area contributed by atoms with E-state index >= 15 is 0 Å². The van der Waals surface area contributed by atoms with Gasteiger partial charge in [0.25, 0.3) is 0 Å². The van der Waals surface area contributed by atoms with E-state index in [1.807, 2.05) is 72.5 Å². The van der Waals surface area contributed by atoms with Crippen LogP contribution in [0.5, 0.6) is 0 Å². The topological polar surface area (TPSA) is 55.6 Å². The van der Waals surface area contributed by atoms with E-state index in [4.69, 9.17) is 9.47 Å². The molecule has 4 rings (SSSR count). The fourth-order valence-corrected chi connectivity index (χ4v) is 4.93. The number of rotatable bonds is 4. The number of carbonyl (C=O) groups is 2. The number of hydrogen-bond acceptors (Lipinski definition) is 5. The normalized spacial score (nSPS) is 34.2. The van der Waals surface area contributed by atoms with E-state index in [1.165, 1.54) is 14.2 Å². The molecule has 2 aromatic carbocycles. The number of methoxy groups -OCH3 is 2. The highest BCUT2D eigenvalue weighted by molar-refractivity contribution is 5.99. The van der Waals surface area contributed by atoms with Crippen LogP contribution in [0.4, 0.5) is 0 Å². The zero-order chi connectivity index (χ0) is 18.5. The summed E-state index contributed by atoms with van der Waals surface area (Å²) in [7, 11) is 2.78. The van der Waals surface area contributed by atoms with Crippen molar-refractivity contribution in [2.75, 3.05) is 14.2 Å². The van der Waals surface area contributed by atoms with Crippen molar-refractivity contribution in [3.05, 3.63) is 71.8 Å². The highest BCUT2D eigenvalue weighted by atomic mass is 16.5. The third-order valence-corrected chi connectivity index (χ3v) is 5.87. The molecule has 134 valence electrons. The zero-order valence-electron chi connectivity index (χ0n) is 15.0. The summed E-state index contributed by atoms with van der Waals surface area (Å²) in [5, 5.41) is 0. The third-order valence-electron chi connectivity index (χ3n) is 5.87. The average molecular weight is 351 g/mol. The van der Waals surface area contributed by atoms with Gasteiger partial charge in [-0.25, -0.2) is 4.79 Å². The Morgan fingerprint density at radius 3 is 1.85 bits per heavy atom. The number of fused-ring (bicyclic) bond motifs is 1. The highest BCUT2D eigenvalue weighted by Gasteiger charge is 2.91. The summed E-state index contributed by atoms with van der Waals surface area (Å²) in [6.45, 7) is 1.85. The van der Waals surface area contributed by atoms with Crippen LogP contribution in [-0.4, -0.2) is 42.1 Å². The van der Waals surface area contributed by atoms with Gasteiger partial charge in [-0.2, -0.15) is 0 Å². The van der Waals surface area contributed by atoms with E-state index in [9.17, 15) is 9.59 Å². The van der Waals surface area contributed by atoms with E-state index < -0.39 is 11.1 Å². The van der Waals surface area contributed by atoms with Crippen molar-refractivity contribution < 1.29 is 19.1 Å². The second-order valence-electron chi connectivity index (χ2n) is 6.98. The number of ether oxygens (including phenoxy) is 2. The maximum atomic E-state index is 12.9. The first kappa shape index (κ1) is 16.8. The maximum absolute atomic E-state index is 12.9. The Kier molecular flexibility index (Phi) is 3.66. The van der Waals surface area contributed by atoms with Crippen LogP contribution in [0.3, 0.4) is 0 Å². The minimum Gasteiger partial charge on any atom is -0.468 e. The van der Waals surface area contributed by atoms with Gasteiger partial charge in [0.2, 0.25) is 0 Å². The largest absolute Gasteiger partial charge is 0.468 e. The van der Waals surface area contributed by atoms with Crippen LogP contribution in [0.1, 0.15) is 30.0 Å². The fourth-order valence-electron chi connectivity index (χ4n) is 4.93.